The Balaban J connectivity index is 1.53. The zero-order valence-electron chi connectivity index (χ0n) is 15.8. The molecule has 4 nitrogen and oxygen atoms in total. The van der Waals surface area contributed by atoms with Crippen molar-refractivity contribution in [3.05, 3.63) is 98.6 Å². The predicted molar refractivity (Wildman–Crippen MR) is 122 cm³/mol. The molecule has 1 heterocycles. The fraction of sp³-hybridized carbons (Fsp3) is 0.0435. The Morgan fingerprint density at radius 1 is 1.00 bits per heavy atom. The molecule has 156 valence electrons. The minimum Gasteiger partial charge on any atom is -0.489 e. The summed E-state index contributed by atoms with van der Waals surface area (Å²) < 4.78 is 19.6. The summed E-state index contributed by atoms with van der Waals surface area (Å²) in [6.07, 6.45) is 1.61. The first-order valence-electron chi connectivity index (χ1n) is 9.11. The normalized spacial score (nSPS) is 15.1. The van der Waals surface area contributed by atoms with Crippen molar-refractivity contribution in [2.45, 2.75) is 6.61 Å². The molecule has 1 fully saturated rings. The zero-order valence-corrected chi connectivity index (χ0v) is 18.2. The maximum Gasteiger partial charge on any atom is 0.298 e. The molecule has 1 aliphatic heterocycles. The minimum atomic E-state index is -0.446. The third kappa shape index (κ3) is 4.77. The average molecular weight is 474 g/mol. The summed E-state index contributed by atoms with van der Waals surface area (Å²) in [6, 6.07) is 17.9. The van der Waals surface area contributed by atoms with Crippen LogP contribution < -0.4 is 9.64 Å². The Bertz CT molecular complexity index is 1190. The quantitative estimate of drug-likeness (QED) is 0.376. The van der Waals surface area contributed by atoms with Crippen LogP contribution in [0.2, 0.25) is 10.0 Å². The van der Waals surface area contributed by atoms with Crippen LogP contribution in [0.5, 0.6) is 5.75 Å². The van der Waals surface area contributed by atoms with Gasteiger partial charge >= 0.3 is 0 Å². The number of ether oxygens (including phenoxy) is 1. The van der Waals surface area contributed by atoms with E-state index in [4.69, 9.17) is 27.9 Å². The number of imide groups is 1. The van der Waals surface area contributed by atoms with E-state index in [-0.39, 0.29) is 22.1 Å². The number of rotatable bonds is 5. The van der Waals surface area contributed by atoms with Gasteiger partial charge in [0.1, 0.15) is 18.2 Å². The Hall–Kier alpha value is -2.80. The van der Waals surface area contributed by atoms with E-state index in [0.717, 1.165) is 16.7 Å². The van der Waals surface area contributed by atoms with E-state index in [1.54, 1.807) is 60.7 Å². The maximum atomic E-state index is 13.9. The molecule has 8 heteroatoms. The van der Waals surface area contributed by atoms with E-state index in [9.17, 15) is 14.0 Å². The van der Waals surface area contributed by atoms with Gasteiger partial charge in [-0.05, 0) is 65.9 Å². The highest BCUT2D eigenvalue weighted by atomic mass is 35.5. The summed E-state index contributed by atoms with van der Waals surface area (Å²) in [5.74, 6) is -0.401. The molecule has 3 aromatic carbocycles. The summed E-state index contributed by atoms with van der Waals surface area (Å²) in [5, 5.41) is 0.311. The highest BCUT2D eigenvalue weighted by molar-refractivity contribution is 8.19. The van der Waals surface area contributed by atoms with E-state index in [1.807, 2.05) is 0 Å². The van der Waals surface area contributed by atoms with Crippen molar-refractivity contribution in [2.24, 2.45) is 0 Å². The van der Waals surface area contributed by atoms with E-state index < -0.39 is 17.0 Å². The summed E-state index contributed by atoms with van der Waals surface area (Å²) >= 11 is 12.9. The Labute approximate surface area is 192 Å². The molecule has 4 rings (SSSR count). The van der Waals surface area contributed by atoms with Crippen molar-refractivity contribution >= 4 is 57.9 Å². The van der Waals surface area contributed by atoms with Gasteiger partial charge in [-0.15, -0.1) is 0 Å². The van der Waals surface area contributed by atoms with Gasteiger partial charge in [-0.2, -0.15) is 0 Å². The molecule has 0 atom stereocenters. The van der Waals surface area contributed by atoms with Gasteiger partial charge in [0.2, 0.25) is 0 Å². The van der Waals surface area contributed by atoms with Gasteiger partial charge in [-0.1, -0.05) is 47.5 Å². The number of hydrogen-bond acceptors (Lipinski definition) is 4. The Kier molecular flexibility index (Phi) is 6.32. The number of thioether (sulfide) groups is 1. The predicted octanol–water partition coefficient (Wildman–Crippen LogP) is 6.95. The summed E-state index contributed by atoms with van der Waals surface area (Å²) in [5.41, 5.74) is 1.34. The van der Waals surface area contributed by atoms with Crippen LogP contribution in [0, 0.1) is 5.82 Å². The largest absolute Gasteiger partial charge is 0.489 e. The molecular weight excluding hydrogens is 460 g/mol. The van der Waals surface area contributed by atoms with Crippen LogP contribution in [0.15, 0.2) is 71.6 Å². The third-order valence-corrected chi connectivity index (χ3v) is 5.92. The van der Waals surface area contributed by atoms with Crippen molar-refractivity contribution in [1.82, 2.24) is 0 Å². The number of carbonyl (C=O) groups excluding carboxylic acids is 2. The first-order valence-corrected chi connectivity index (χ1v) is 10.7. The molecule has 0 saturated carbocycles. The lowest BCUT2D eigenvalue weighted by molar-refractivity contribution is -0.113. The second-order valence-corrected chi connectivity index (χ2v) is 8.40. The molecule has 0 bridgehead atoms. The maximum absolute atomic E-state index is 13.9. The monoisotopic (exact) mass is 473 g/mol. The van der Waals surface area contributed by atoms with Gasteiger partial charge in [0.05, 0.1) is 15.6 Å². The van der Waals surface area contributed by atoms with Crippen molar-refractivity contribution in [3.63, 3.8) is 0 Å². The topological polar surface area (TPSA) is 46.6 Å². The lowest BCUT2D eigenvalue weighted by Crippen LogP contribution is -2.27. The number of hydrogen-bond donors (Lipinski definition) is 0. The lowest BCUT2D eigenvalue weighted by Gasteiger charge is -2.12. The van der Waals surface area contributed by atoms with Crippen molar-refractivity contribution in [2.75, 3.05) is 4.90 Å². The number of benzene rings is 3. The van der Waals surface area contributed by atoms with Gasteiger partial charge in [0.25, 0.3) is 11.1 Å². The second kappa shape index (κ2) is 9.14. The minimum absolute atomic E-state index is 0.0414. The first kappa shape index (κ1) is 21.4. The fourth-order valence-corrected chi connectivity index (χ4v) is 4.22. The van der Waals surface area contributed by atoms with Crippen LogP contribution in [-0.4, -0.2) is 11.1 Å². The molecule has 0 spiro atoms. The van der Waals surface area contributed by atoms with Crippen LogP contribution in [-0.2, 0) is 11.4 Å². The van der Waals surface area contributed by atoms with Gasteiger partial charge in [-0.25, -0.2) is 9.29 Å². The molecular formula is C23H14Cl2FNO3S. The smallest absolute Gasteiger partial charge is 0.298 e. The Morgan fingerprint density at radius 3 is 2.55 bits per heavy atom. The summed E-state index contributed by atoms with van der Waals surface area (Å²) in [4.78, 5) is 26.5. The van der Waals surface area contributed by atoms with E-state index >= 15 is 0 Å². The second-order valence-electron chi connectivity index (χ2n) is 6.56. The molecule has 31 heavy (non-hydrogen) atoms. The highest BCUT2D eigenvalue weighted by Crippen LogP contribution is 2.36. The van der Waals surface area contributed by atoms with E-state index in [2.05, 4.69) is 0 Å². The van der Waals surface area contributed by atoms with Gasteiger partial charge in [0, 0.05) is 10.6 Å². The zero-order chi connectivity index (χ0) is 22.0. The summed E-state index contributed by atoms with van der Waals surface area (Å²) in [7, 11) is 0. The molecule has 0 aromatic heterocycles. The average Bonchev–Trinajstić information content (AvgIpc) is 3.01. The molecule has 1 aliphatic rings. The standard InChI is InChI=1S/C23H14Cl2FNO3S/c24-15-5-2-6-16(12-15)27-22(28)21(31-23(27)29)11-14-4-1-7-17(10-14)30-13-18-19(25)8-3-9-20(18)26/h1-12H,13H2/b21-11-. The molecule has 2 amide bonds. The van der Waals surface area contributed by atoms with Crippen LogP contribution in [0.25, 0.3) is 6.08 Å². The molecule has 3 aromatic rings. The third-order valence-electron chi connectivity index (χ3n) is 4.46. The first-order chi connectivity index (χ1) is 14.9. The number of halogens is 3. The van der Waals surface area contributed by atoms with Crippen molar-refractivity contribution < 1.29 is 18.7 Å². The van der Waals surface area contributed by atoms with E-state index in [0.29, 0.717) is 22.0 Å². The molecule has 0 aliphatic carbocycles. The number of amides is 2. The van der Waals surface area contributed by atoms with Gasteiger partial charge in [-0.3, -0.25) is 9.59 Å². The van der Waals surface area contributed by atoms with Gasteiger partial charge in [0.15, 0.2) is 0 Å². The number of anilines is 1. The molecule has 1 saturated heterocycles. The van der Waals surface area contributed by atoms with E-state index in [1.165, 1.54) is 12.1 Å². The molecule has 0 radical (unpaired) electrons. The molecule has 0 N–H and O–H groups in total. The Morgan fingerprint density at radius 2 is 1.77 bits per heavy atom. The summed E-state index contributed by atoms with van der Waals surface area (Å²) in [6.45, 7) is -0.0414. The van der Waals surface area contributed by atoms with Crippen LogP contribution >= 0.6 is 35.0 Å². The van der Waals surface area contributed by atoms with Crippen molar-refractivity contribution in [1.29, 1.82) is 0 Å². The van der Waals surface area contributed by atoms with Crippen molar-refractivity contribution in [3.8, 4) is 5.75 Å². The van der Waals surface area contributed by atoms with Crippen LogP contribution in [0.4, 0.5) is 14.9 Å². The lowest BCUT2D eigenvalue weighted by atomic mass is 10.2. The SMILES string of the molecule is O=C1S/C(=C\c2cccc(OCc3c(F)cccc3Cl)c2)C(=O)N1c1cccc(Cl)c1. The fourth-order valence-electron chi connectivity index (χ4n) is 2.98. The highest BCUT2D eigenvalue weighted by Gasteiger charge is 2.36. The molecule has 0 unspecified atom stereocenters. The van der Waals surface area contributed by atoms with Crippen LogP contribution in [0.3, 0.4) is 0 Å². The number of nitrogens with zero attached hydrogens (tertiary/aromatic N) is 1. The van der Waals surface area contributed by atoms with Crippen LogP contribution in [0.1, 0.15) is 11.1 Å². The van der Waals surface area contributed by atoms with Gasteiger partial charge < -0.3 is 4.74 Å². The number of carbonyl (C=O) groups is 2.